The van der Waals surface area contributed by atoms with Crippen LogP contribution in [0.4, 0.5) is 0 Å². The molecule has 0 aliphatic heterocycles. The first-order valence-corrected chi connectivity index (χ1v) is 12.1. The molecule has 11 heteroatoms. The third-order valence-electron chi connectivity index (χ3n) is 4.06. The number of carbonyl (C=O) groups excluding carboxylic acids is 2. The van der Waals surface area contributed by atoms with E-state index in [-0.39, 0.29) is 10.8 Å². The molecule has 3 N–H and O–H groups in total. The van der Waals surface area contributed by atoms with Gasteiger partial charge in [0.2, 0.25) is 15.9 Å². The van der Waals surface area contributed by atoms with Crippen molar-refractivity contribution < 1.29 is 27.9 Å². The Balaban J connectivity index is 1.88. The number of carbonyl (C=O) groups is 3. The van der Waals surface area contributed by atoms with Crippen LogP contribution in [0.5, 0.6) is 0 Å². The number of sulfonamides is 1. The predicted octanol–water partition coefficient (Wildman–Crippen LogP) is 2.20. The molecule has 2 aromatic rings. The van der Waals surface area contributed by atoms with Gasteiger partial charge in [-0.1, -0.05) is 18.6 Å². The summed E-state index contributed by atoms with van der Waals surface area (Å²) in [5.74, 6) is -2.11. The van der Waals surface area contributed by atoms with Gasteiger partial charge in [-0.15, -0.1) is 22.7 Å². The van der Waals surface area contributed by atoms with Crippen molar-refractivity contribution in [1.82, 2.24) is 10.0 Å². The summed E-state index contributed by atoms with van der Waals surface area (Å²) in [6.45, 7) is 0.245. The van der Waals surface area contributed by atoms with Crippen LogP contribution < -0.4 is 10.0 Å². The monoisotopic (exact) mass is 458 g/mol. The van der Waals surface area contributed by atoms with Gasteiger partial charge >= 0.3 is 5.97 Å². The van der Waals surface area contributed by atoms with E-state index in [1.54, 1.807) is 11.4 Å². The van der Waals surface area contributed by atoms with Crippen LogP contribution in [0, 0.1) is 0 Å². The SMILES string of the molecule is O=CC(CC(=O)O)NC(=O)C(CCCCNS(=O)(=O)c1cccs1)c1cccs1. The maximum absolute atomic E-state index is 12.6. The molecule has 0 fully saturated rings. The van der Waals surface area contributed by atoms with Crippen molar-refractivity contribution in [2.24, 2.45) is 0 Å². The average Bonchev–Trinajstić information content (AvgIpc) is 3.37. The second-order valence-corrected chi connectivity index (χ2v) is 10.2. The van der Waals surface area contributed by atoms with Crippen molar-refractivity contribution in [3.05, 3.63) is 39.9 Å². The predicted molar refractivity (Wildman–Crippen MR) is 111 cm³/mol. The van der Waals surface area contributed by atoms with E-state index in [2.05, 4.69) is 10.0 Å². The molecule has 0 spiro atoms. The summed E-state index contributed by atoms with van der Waals surface area (Å²) < 4.78 is 27.0. The minimum Gasteiger partial charge on any atom is -0.481 e. The van der Waals surface area contributed by atoms with Crippen molar-refractivity contribution in [3.63, 3.8) is 0 Å². The van der Waals surface area contributed by atoms with Crippen molar-refractivity contribution in [1.29, 1.82) is 0 Å². The molecule has 0 aromatic carbocycles. The lowest BCUT2D eigenvalue weighted by molar-refractivity contribution is -0.138. The summed E-state index contributed by atoms with van der Waals surface area (Å²) >= 11 is 2.54. The molecule has 29 heavy (non-hydrogen) atoms. The first-order valence-electron chi connectivity index (χ1n) is 8.87. The van der Waals surface area contributed by atoms with Gasteiger partial charge in [0, 0.05) is 11.4 Å². The molecule has 1 amide bonds. The highest BCUT2D eigenvalue weighted by molar-refractivity contribution is 7.91. The Morgan fingerprint density at radius 2 is 1.86 bits per heavy atom. The van der Waals surface area contributed by atoms with Gasteiger partial charge in [-0.2, -0.15) is 0 Å². The normalized spacial score (nSPS) is 13.5. The molecule has 2 unspecified atom stereocenters. The first-order chi connectivity index (χ1) is 13.8. The van der Waals surface area contributed by atoms with E-state index in [9.17, 15) is 22.8 Å². The van der Waals surface area contributed by atoms with E-state index in [0.29, 0.717) is 25.5 Å². The Bertz CT molecular complexity index is 894. The zero-order chi connectivity index (χ0) is 21.3. The number of carboxylic acids is 1. The number of thiophene rings is 2. The molecular weight excluding hydrogens is 436 g/mol. The second-order valence-electron chi connectivity index (χ2n) is 6.24. The lowest BCUT2D eigenvalue weighted by Gasteiger charge is -2.18. The zero-order valence-electron chi connectivity index (χ0n) is 15.4. The fraction of sp³-hybridized carbons (Fsp3) is 0.389. The molecule has 0 aliphatic rings. The topological polar surface area (TPSA) is 130 Å². The van der Waals surface area contributed by atoms with Gasteiger partial charge in [0.25, 0.3) is 0 Å². The third kappa shape index (κ3) is 7.35. The molecule has 0 radical (unpaired) electrons. The first kappa shape index (κ1) is 23.2. The van der Waals surface area contributed by atoms with E-state index in [0.717, 1.165) is 16.2 Å². The van der Waals surface area contributed by atoms with Crippen LogP contribution in [0.2, 0.25) is 0 Å². The number of hydrogen-bond acceptors (Lipinski definition) is 7. The van der Waals surface area contributed by atoms with Crippen LogP contribution in [-0.2, 0) is 24.4 Å². The Morgan fingerprint density at radius 1 is 1.14 bits per heavy atom. The second kappa shape index (κ2) is 11.2. The fourth-order valence-corrected chi connectivity index (χ4v) is 5.64. The summed E-state index contributed by atoms with van der Waals surface area (Å²) in [6.07, 6.45) is 1.50. The number of hydrogen-bond donors (Lipinski definition) is 3. The molecule has 8 nitrogen and oxygen atoms in total. The van der Waals surface area contributed by atoms with Crippen LogP contribution in [-0.4, -0.2) is 44.3 Å². The Kier molecular flexibility index (Phi) is 8.96. The highest BCUT2D eigenvalue weighted by Gasteiger charge is 2.24. The summed E-state index contributed by atoms with van der Waals surface area (Å²) in [5.41, 5.74) is 0. The molecule has 0 bridgehead atoms. The molecule has 2 aromatic heterocycles. The van der Waals surface area contributed by atoms with E-state index in [1.807, 2.05) is 17.5 Å². The number of rotatable bonds is 13. The lowest BCUT2D eigenvalue weighted by Crippen LogP contribution is -2.40. The summed E-state index contributed by atoms with van der Waals surface area (Å²) in [5, 5.41) is 14.8. The molecule has 0 saturated heterocycles. The maximum Gasteiger partial charge on any atom is 0.305 e. The summed E-state index contributed by atoms with van der Waals surface area (Å²) in [6, 6.07) is 5.73. The van der Waals surface area contributed by atoms with Gasteiger partial charge in [0.05, 0.1) is 18.4 Å². The van der Waals surface area contributed by atoms with Gasteiger partial charge in [-0.3, -0.25) is 9.59 Å². The fourth-order valence-electron chi connectivity index (χ4n) is 2.66. The van der Waals surface area contributed by atoms with Crippen molar-refractivity contribution in [3.8, 4) is 0 Å². The highest BCUT2D eigenvalue weighted by Crippen LogP contribution is 2.27. The van der Waals surface area contributed by atoms with Crippen molar-refractivity contribution in [2.75, 3.05) is 6.54 Å². The Morgan fingerprint density at radius 3 is 2.45 bits per heavy atom. The minimum atomic E-state index is -3.51. The van der Waals surface area contributed by atoms with Crippen LogP contribution >= 0.6 is 22.7 Å². The van der Waals surface area contributed by atoms with E-state index >= 15 is 0 Å². The molecule has 158 valence electrons. The highest BCUT2D eigenvalue weighted by atomic mass is 32.2. The molecule has 0 aliphatic carbocycles. The van der Waals surface area contributed by atoms with Gasteiger partial charge in [-0.05, 0) is 35.7 Å². The zero-order valence-corrected chi connectivity index (χ0v) is 17.9. The van der Waals surface area contributed by atoms with Gasteiger partial charge in [0.1, 0.15) is 10.5 Å². The Hall–Kier alpha value is -2.08. The van der Waals surface area contributed by atoms with E-state index in [4.69, 9.17) is 5.11 Å². The van der Waals surface area contributed by atoms with Crippen LogP contribution in [0.3, 0.4) is 0 Å². The molecule has 0 saturated carbocycles. The number of nitrogens with one attached hydrogen (secondary N) is 2. The molecule has 2 heterocycles. The molecular formula is C18H22N2O6S3. The van der Waals surface area contributed by atoms with Crippen LogP contribution in [0.25, 0.3) is 0 Å². The minimum absolute atomic E-state index is 0.245. The smallest absolute Gasteiger partial charge is 0.305 e. The largest absolute Gasteiger partial charge is 0.481 e. The van der Waals surface area contributed by atoms with Crippen molar-refractivity contribution >= 4 is 50.9 Å². The third-order valence-corrected chi connectivity index (χ3v) is 7.91. The number of unbranched alkanes of at least 4 members (excludes halogenated alkanes) is 1. The molecule has 2 atom stereocenters. The summed E-state index contributed by atoms with van der Waals surface area (Å²) in [7, 11) is -3.51. The molecule has 2 rings (SSSR count). The standard InChI is InChI=1S/C18H22N2O6S3/c21-12-13(11-16(22)23)20-18(24)14(15-6-3-9-27-15)5-1-2-8-19-29(25,26)17-7-4-10-28-17/h3-4,6-7,9-10,12-14,19H,1-2,5,8,11H2,(H,20,24)(H,22,23). The number of amides is 1. The van der Waals surface area contributed by atoms with E-state index in [1.165, 1.54) is 17.4 Å². The van der Waals surface area contributed by atoms with Gasteiger partial charge in [0.15, 0.2) is 0 Å². The maximum atomic E-state index is 12.6. The van der Waals surface area contributed by atoms with Gasteiger partial charge in [-0.25, -0.2) is 13.1 Å². The summed E-state index contributed by atoms with van der Waals surface area (Å²) in [4.78, 5) is 35.2. The lowest BCUT2D eigenvalue weighted by atomic mass is 9.98. The van der Waals surface area contributed by atoms with Crippen LogP contribution in [0.15, 0.2) is 39.2 Å². The number of aldehydes is 1. The average molecular weight is 459 g/mol. The van der Waals surface area contributed by atoms with Crippen molar-refractivity contribution in [2.45, 2.75) is 41.9 Å². The quantitative estimate of drug-likeness (QED) is 0.312. The van der Waals surface area contributed by atoms with Crippen LogP contribution in [0.1, 0.15) is 36.5 Å². The van der Waals surface area contributed by atoms with Gasteiger partial charge < -0.3 is 15.2 Å². The Labute approximate surface area is 177 Å². The number of aliphatic carboxylic acids is 1. The van der Waals surface area contributed by atoms with E-state index < -0.39 is 40.3 Å². The number of carboxylic acid groups (broad SMARTS) is 1.